The Balaban J connectivity index is 1.33. The van der Waals surface area contributed by atoms with Crippen molar-refractivity contribution >= 4 is 6.09 Å². The van der Waals surface area contributed by atoms with Crippen LogP contribution in [0.2, 0.25) is 0 Å². The highest BCUT2D eigenvalue weighted by Gasteiger charge is 2.48. The third-order valence-corrected chi connectivity index (χ3v) is 6.44. The van der Waals surface area contributed by atoms with Gasteiger partial charge in [-0.3, -0.25) is 9.88 Å². The van der Waals surface area contributed by atoms with E-state index in [0.717, 1.165) is 50.3 Å². The van der Waals surface area contributed by atoms with Crippen molar-refractivity contribution in [1.29, 1.82) is 0 Å². The molecule has 0 spiro atoms. The van der Waals surface area contributed by atoms with Crippen molar-refractivity contribution in [2.45, 2.75) is 70.6 Å². The first-order valence-corrected chi connectivity index (χ1v) is 12.1. The molecule has 1 aromatic carbocycles. The molecule has 1 amide bonds. The third kappa shape index (κ3) is 6.47. The number of benzene rings is 1. The molecule has 0 N–H and O–H groups in total. The van der Waals surface area contributed by atoms with Crippen LogP contribution >= 0.6 is 0 Å². The van der Waals surface area contributed by atoms with Crippen LogP contribution in [0.1, 0.15) is 57.2 Å². The van der Waals surface area contributed by atoms with E-state index in [9.17, 15) is 4.79 Å². The number of carbonyl (C=O) groups is 1. The number of rotatable bonds is 7. The van der Waals surface area contributed by atoms with Gasteiger partial charge >= 0.3 is 6.09 Å². The SMILES string of the molecule is Cc1cc(OCCN2CCC(N(C(=O)OC(C)(C)C)[C@@H]3C[C@H]3c3ccccc3)CC2)ccn1. The largest absolute Gasteiger partial charge is 0.492 e. The predicted octanol–water partition coefficient (Wildman–Crippen LogP) is 5.03. The fraction of sp³-hybridized carbons (Fsp3) is 0.556. The second-order valence-electron chi connectivity index (χ2n) is 10.3. The second-order valence-corrected chi connectivity index (χ2v) is 10.3. The molecule has 1 aromatic heterocycles. The fourth-order valence-corrected chi connectivity index (χ4v) is 4.74. The van der Waals surface area contributed by atoms with Gasteiger partial charge in [-0.05, 0) is 58.6 Å². The van der Waals surface area contributed by atoms with Crippen molar-refractivity contribution < 1.29 is 14.3 Å². The van der Waals surface area contributed by atoms with Gasteiger partial charge in [-0.15, -0.1) is 0 Å². The number of pyridine rings is 1. The van der Waals surface area contributed by atoms with Gasteiger partial charge in [0.25, 0.3) is 0 Å². The highest BCUT2D eigenvalue weighted by Crippen LogP contribution is 2.46. The van der Waals surface area contributed by atoms with Gasteiger partial charge in [0, 0.05) is 55.6 Å². The van der Waals surface area contributed by atoms with E-state index >= 15 is 0 Å². The van der Waals surface area contributed by atoms with Crippen LogP contribution in [0.25, 0.3) is 0 Å². The van der Waals surface area contributed by atoms with Gasteiger partial charge < -0.3 is 14.4 Å². The van der Waals surface area contributed by atoms with Crippen LogP contribution in [0.4, 0.5) is 4.79 Å². The number of hydrogen-bond donors (Lipinski definition) is 0. The lowest BCUT2D eigenvalue weighted by Crippen LogP contribution is -2.50. The molecule has 6 nitrogen and oxygen atoms in total. The zero-order valence-electron chi connectivity index (χ0n) is 20.4. The minimum absolute atomic E-state index is 0.166. The van der Waals surface area contributed by atoms with Gasteiger partial charge in [0.1, 0.15) is 18.0 Å². The number of aryl methyl sites for hydroxylation is 1. The van der Waals surface area contributed by atoms with Crippen molar-refractivity contribution in [2.24, 2.45) is 0 Å². The second kappa shape index (κ2) is 10.1. The summed E-state index contributed by atoms with van der Waals surface area (Å²) in [6.07, 6.45) is 4.56. The van der Waals surface area contributed by atoms with Crippen molar-refractivity contribution in [1.82, 2.24) is 14.8 Å². The van der Waals surface area contributed by atoms with Crippen LogP contribution in [0.5, 0.6) is 5.75 Å². The Morgan fingerprint density at radius 3 is 2.55 bits per heavy atom. The summed E-state index contributed by atoms with van der Waals surface area (Å²) in [6.45, 7) is 11.3. The molecular weight excluding hydrogens is 414 g/mol. The highest BCUT2D eigenvalue weighted by atomic mass is 16.6. The molecule has 6 heteroatoms. The summed E-state index contributed by atoms with van der Waals surface area (Å²) in [5.74, 6) is 1.28. The molecule has 1 aliphatic carbocycles. The average Bonchev–Trinajstić information content (AvgIpc) is 3.55. The van der Waals surface area contributed by atoms with Crippen LogP contribution < -0.4 is 4.74 Å². The van der Waals surface area contributed by atoms with E-state index in [1.807, 2.05) is 45.9 Å². The number of hydrogen-bond acceptors (Lipinski definition) is 5. The Morgan fingerprint density at radius 1 is 1.15 bits per heavy atom. The lowest BCUT2D eigenvalue weighted by Gasteiger charge is -2.39. The Bertz CT molecular complexity index is 920. The number of ether oxygens (including phenoxy) is 2. The van der Waals surface area contributed by atoms with Crippen molar-refractivity contribution in [3.05, 3.63) is 59.9 Å². The summed E-state index contributed by atoms with van der Waals surface area (Å²) in [6, 6.07) is 14.9. The van der Waals surface area contributed by atoms with E-state index < -0.39 is 5.60 Å². The van der Waals surface area contributed by atoms with Gasteiger partial charge in [0.15, 0.2) is 0 Å². The lowest BCUT2D eigenvalue weighted by molar-refractivity contribution is 0.00475. The molecule has 1 aliphatic heterocycles. The monoisotopic (exact) mass is 451 g/mol. The lowest BCUT2D eigenvalue weighted by atomic mass is 10.0. The van der Waals surface area contributed by atoms with Crippen LogP contribution in [-0.4, -0.2) is 64.8 Å². The smallest absolute Gasteiger partial charge is 0.410 e. The van der Waals surface area contributed by atoms with Gasteiger partial charge in [0.2, 0.25) is 0 Å². The zero-order chi connectivity index (χ0) is 23.4. The number of aromatic nitrogens is 1. The molecular formula is C27H37N3O3. The quantitative estimate of drug-likeness (QED) is 0.591. The predicted molar refractivity (Wildman–Crippen MR) is 130 cm³/mol. The first-order chi connectivity index (χ1) is 15.8. The summed E-state index contributed by atoms with van der Waals surface area (Å²) in [5.41, 5.74) is 1.79. The maximum absolute atomic E-state index is 13.2. The van der Waals surface area contributed by atoms with E-state index in [1.54, 1.807) is 6.20 Å². The van der Waals surface area contributed by atoms with Crippen LogP contribution in [0, 0.1) is 6.92 Å². The Kier molecular flexibility index (Phi) is 7.23. The molecule has 1 saturated carbocycles. The minimum Gasteiger partial charge on any atom is -0.492 e. The molecule has 0 bridgehead atoms. The molecule has 2 aromatic rings. The molecule has 178 valence electrons. The first kappa shape index (κ1) is 23.6. The zero-order valence-corrected chi connectivity index (χ0v) is 20.4. The molecule has 4 rings (SSSR count). The maximum atomic E-state index is 13.2. The van der Waals surface area contributed by atoms with E-state index in [2.05, 4.69) is 39.0 Å². The molecule has 2 fully saturated rings. The Morgan fingerprint density at radius 2 is 1.88 bits per heavy atom. The number of likely N-dealkylation sites (tertiary alicyclic amines) is 1. The number of nitrogens with zero attached hydrogens (tertiary/aromatic N) is 3. The molecule has 0 radical (unpaired) electrons. The van der Waals surface area contributed by atoms with Gasteiger partial charge in [-0.2, -0.15) is 0 Å². The highest BCUT2D eigenvalue weighted by molar-refractivity contribution is 5.70. The van der Waals surface area contributed by atoms with Crippen LogP contribution in [0.3, 0.4) is 0 Å². The topological polar surface area (TPSA) is 54.9 Å². The summed E-state index contributed by atoms with van der Waals surface area (Å²) < 4.78 is 11.7. The fourth-order valence-electron chi connectivity index (χ4n) is 4.74. The van der Waals surface area contributed by atoms with Crippen LogP contribution in [0.15, 0.2) is 48.7 Å². The summed E-state index contributed by atoms with van der Waals surface area (Å²) in [7, 11) is 0. The van der Waals surface area contributed by atoms with Crippen molar-refractivity contribution in [2.75, 3.05) is 26.2 Å². The normalized spacial score (nSPS) is 21.5. The minimum atomic E-state index is -0.490. The standard InChI is InChI=1S/C27H37N3O3/c1-20-18-23(10-13-28-20)32-17-16-29-14-11-22(12-15-29)30(26(31)33-27(2,3)4)25-19-24(25)21-8-6-5-7-9-21/h5-10,13,18,22,24-25H,11-12,14-17,19H2,1-4H3/t24-,25+/m0/s1. The number of piperidine rings is 1. The molecule has 2 heterocycles. The van der Waals surface area contributed by atoms with E-state index in [-0.39, 0.29) is 18.2 Å². The van der Waals surface area contributed by atoms with Gasteiger partial charge in [-0.25, -0.2) is 4.79 Å². The van der Waals surface area contributed by atoms with Crippen LogP contribution in [-0.2, 0) is 4.74 Å². The molecule has 1 saturated heterocycles. The Hall–Kier alpha value is -2.60. The molecule has 2 atom stereocenters. The molecule has 2 aliphatic rings. The first-order valence-electron chi connectivity index (χ1n) is 12.1. The Labute approximate surface area is 197 Å². The number of amides is 1. The van der Waals surface area contributed by atoms with E-state index in [4.69, 9.17) is 9.47 Å². The third-order valence-electron chi connectivity index (χ3n) is 6.44. The summed E-state index contributed by atoms with van der Waals surface area (Å²) in [4.78, 5) is 21.9. The molecule has 33 heavy (non-hydrogen) atoms. The number of carbonyl (C=O) groups excluding carboxylic acids is 1. The summed E-state index contributed by atoms with van der Waals surface area (Å²) in [5, 5.41) is 0. The molecule has 0 unspecified atom stereocenters. The average molecular weight is 452 g/mol. The van der Waals surface area contributed by atoms with E-state index in [1.165, 1.54) is 5.56 Å². The summed E-state index contributed by atoms with van der Waals surface area (Å²) >= 11 is 0. The van der Waals surface area contributed by atoms with Crippen molar-refractivity contribution in [3.8, 4) is 5.75 Å². The van der Waals surface area contributed by atoms with Gasteiger partial charge in [-0.1, -0.05) is 30.3 Å². The van der Waals surface area contributed by atoms with Crippen molar-refractivity contribution in [3.63, 3.8) is 0 Å². The van der Waals surface area contributed by atoms with Gasteiger partial charge in [0.05, 0.1) is 0 Å². The van der Waals surface area contributed by atoms with E-state index in [0.29, 0.717) is 12.5 Å². The maximum Gasteiger partial charge on any atom is 0.410 e.